The van der Waals surface area contributed by atoms with E-state index in [1.54, 1.807) is 20.8 Å². The van der Waals surface area contributed by atoms with E-state index in [2.05, 4.69) is 5.32 Å². The van der Waals surface area contributed by atoms with Crippen molar-refractivity contribution in [1.82, 2.24) is 10.2 Å². The molecule has 0 radical (unpaired) electrons. The molecule has 2 unspecified atom stereocenters. The number of alkyl carbamates (subject to hydrolysis) is 1. The highest BCUT2D eigenvalue weighted by molar-refractivity contribution is 6.05. The Bertz CT molecular complexity index is 1130. The molecular formula is C26H28N2O7. The molecule has 2 aromatic rings. The smallest absolute Gasteiger partial charge is 0.408 e. The van der Waals surface area contributed by atoms with Crippen LogP contribution in [0.3, 0.4) is 0 Å². The van der Waals surface area contributed by atoms with Gasteiger partial charge in [0, 0.05) is 17.9 Å². The number of carbonyl (C=O) groups excluding carboxylic acids is 3. The summed E-state index contributed by atoms with van der Waals surface area (Å²) in [5.41, 5.74) is 3.51. The monoisotopic (exact) mass is 480 g/mol. The third kappa shape index (κ3) is 4.45. The minimum absolute atomic E-state index is 0.00189. The predicted molar refractivity (Wildman–Crippen MR) is 126 cm³/mol. The first-order valence-corrected chi connectivity index (χ1v) is 11.5. The minimum atomic E-state index is -1.71. The fraction of sp³-hybridized carbons (Fsp3) is 0.385. The van der Waals surface area contributed by atoms with Crippen LogP contribution in [0.25, 0.3) is 11.1 Å². The third-order valence-electron chi connectivity index (χ3n) is 6.52. The molecule has 0 aromatic heterocycles. The fourth-order valence-electron chi connectivity index (χ4n) is 4.97. The number of benzene rings is 2. The number of carbonyl (C=O) groups is 4. The van der Waals surface area contributed by atoms with Gasteiger partial charge in [-0.25, -0.2) is 14.4 Å². The molecule has 0 bridgehead atoms. The Morgan fingerprint density at radius 1 is 1.03 bits per heavy atom. The first-order valence-electron chi connectivity index (χ1n) is 11.5. The molecule has 9 heteroatoms. The van der Waals surface area contributed by atoms with Gasteiger partial charge >= 0.3 is 18.0 Å². The SMILES string of the molecule is CCOC(=O)C(NC(=O)OCC1c2ccccc2-c2ccccc21)C(=O)N1CC(C)(C)C1C(=O)O. The van der Waals surface area contributed by atoms with Crippen LogP contribution >= 0.6 is 0 Å². The van der Waals surface area contributed by atoms with Crippen molar-refractivity contribution < 1.29 is 33.8 Å². The molecule has 1 aliphatic carbocycles. The number of hydrogen-bond acceptors (Lipinski definition) is 6. The van der Waals surface area contributed by atoms with E-state index < -0.39 is 41.4 Å². The van der Waals surface area contributed by atoms with Crippen molar-refractivity contribution in [3.63, 3.8) is 0 Å². The van der Waals surface area contributed by atoms with Crippen molar-refractivity contribution in [2.24, 2.45) is 5.41 Å². The van der Waals surface area contributed by atoms with Crippen molar-refractivity contribution in [3.05, 3.63) is 59.7 Å². The van der Waals surface area contributed by atoms with Gasteiger partial charge in [-0.3, -0.25) is 10.1 Å². The number of rotatable bonds is 7. The number of nitrogens with one attached hydrogen (secondary N) is 1. The Hall–Kier alpha value is -3.88. The molecule has 4 rings (SSSR count). The second-order valence-electron chi connectivity index (χ2n) is 9.35. The summed E-state index contributed by atoms with van der Waals surface area (Å²) in [5, 5.41) is 11.8. The molecule has 2 aromatic carbocycles. The molecule has 1 aliphatic heterocycles. The maximum atomic E-state index is 13.1. The topological polar surface area (TPSA) is 122 Å². The van der Waals surface area contributed by atoms with E-state index in [4.69, 9.17) is 9.47 Å². The van der Waals surface area contributed by atoms with Crippen LogP contribution in [0.15, 0.2) is 48.5 Å². The Morgan fingerprint density at radius 3 is 2.11 bits per heavy atom. The molecule has 2 aliphatic rings. The summed E-state index contributed by atoms with van der Waals surface area (Å²) in [6.07, 6.45) is -0.968. The molecule has 0 spiro atoms. The Labute approximate surface area is 203 Å². The zero-order valence-corrected chi connectivity index (χ0v) is 19.8. The number of esters is 1. The molecule has 2 amide bonds. The van der Waals surface area contributed by atoms with Crippen LogP contribution < -0.4 is 5.32 Å². The average molecular weight is 481 g/mol. The van der Waals surface area contributed by atoms with Crippen LogP contribution in [0.4, 0.5) is 4.79 Å². The van der Waals surface area contributed by atoms with Crippen LogP contribution in [-0.4, -0.2) is 65.8 Å². The largest absolute Gasteiger partial charge is 0.480 e. The lowest BCUT2D eigenvalue weighted by Crippen LogP contribution is -2.70. The maximum absolute atomic E-state index is 13.1. The van der Waals surface area contributed by atoms with Gasteiger partial charge in [0.15, 0.2) is 0 Å². The highest BCUT2D eigenvalue weighted by Gasteiger charge is 2.54. The molecule has 1 heterocycles. The summed E-state index contributed by atoms with van der Waals surface area (Å²) in [7, 11) is 0. The number of amides is 2. The fourth-order valence-corrected chi connectivity index (χ4v) is 4.97. The Morgan fingerprint density at radius 2 is 1.60 bits per heavy atom. The lowest BCUT2D eigenvalue weighted by atomic mass is 9.74. The van der Waals surface area contributed by atoms with Crippen LogP contribution in [-0.2, 0) is 23.9 Å². The van der Waals surface area contributed by atoms with Crippen LogP contribution in [0, 0.1) is 5.41 Å². The molecule has 2 N–H and O–H groups in total. The zero-order valence-electron chi connectivity index (χ0n) is 19.8. The van der Waals surface area contributed by atoms with Crippen LogP contribution in [0.2, 0.25) is 0 Å². The standard InChI is InChI=1S/C26H28N2O7/c1-4-34-24(32)20(22(29)28-14-26(2,3)21(28)23(30)31)27-25(33)35-13-19-17-11-7-5-9-15(17)16-10-6-8-12-18(16)19/h5-12,19-21H,4,13-14H2,1-3H3,(H,27,33)(H,30,31). The zero-order chi connectivity index (χ0) is 25.3. The lowest BCUT2D eigenvalue weighted by molar-refractivity contribution is -0.175. The second kappa shape index (κ2) is 9.40. The van der Waals surface area contributed by atoms with Gasteiger partial charge in [0.05, 0.1) is 6.61 Å². The van der Waals surface area contributed by atoms with Gasteiger partial charge in [0.2, 0.25) is 6.04 Å². The first-order chi connectivity index (χ1) is 16.7. The van der Waals surface area contributed by atoms with E-state index in [1.807, 2.05) is 48.5 Å². The summed E-state index contributed by atoms with van der Waals surface area (Å²) in [4.78, 5) is 51.0. The van der Waals surface area contributed by atoms with Crippen molar-refractivity contribution in [3.8, 4) is 11.1 Å². The van der Waals surface area contributed by atoms with E-state index in [1.165, 1.54) is 0 Å². The number of fused-ring (bicyclic) bond motifs is 3. The van der Waals surface area contributed by atoms with Gasteiger partial charge in [-0.15, -0.1) is 0 Å². The number of carboxylic acids is 1. The van der Waals surface area contributed by atoms with Crippen molar-refractivity contribution in [1.29, 1.82) is 0 Å². The highest BCUT2D eigenvalue weighted by atomic mass is 16.6. The average Bonchev–Trinajstić information content (AvgIpc) is 3.13. The molecular weight excluding hydrogens is 452 g/mol. The van der Waals surface area contributed by atoms with Gasteiger partial charge in [0.1, 0.15) is 12.6 Å². The highest BCUT2D eigenvalue weighted by Crippen LogP contribution is 2.44. The van der Waals surface area contributed by atoms with Gasteiger partial charge in [-0.2, -0.15) is 0 Å². The third-order valence-corrected chi connectivity index (χ3v) is 6.52. The predicted octanol–water partition coefficient (Wildman–Crippen LogP) is 2.78. The van der Waals surface area contributed by atoms with Crippen molar-refractivity contribution in [2.75, 3.05) is 19.8 Å². The van der Waals surface area contributed by atoms with E-state index in [-0.39, 0.29) is 25.7 Å². The second-order valence-corrected chi connectivity index (χ2v) is 9.35. The van der Waals surface area contributed by atoms with E-state index >= 15 is 0 Å². The number of nitrogens with zero attached hydrogens (tertiary/aromatic N) is 1. The van der Waals surface area contributed by atoms with Gasteiger partial charge in [-0.05, 0) is 29.2 Å². The number of ether oxygens (including phenoxy) is 2. The summed E-state index contributed by atoms with van der Waals surface area (Å²) in [6, 6.07) is 12.9. The lowest BCUT2D eigenvalue weighted by Gasteiger charge is -2.52. The molecule has 1 fully saturated rings. The summed E-state index contributed by atoms with van der Waals surface area (Å²) in [6.45, 7) is 5.12. The first kappa shape index (κ1) is 24.3. The minimum Gasteiger partial charge on any atom is -0.480 e. The number of hydrogen-bond donors (Lipinski definition) is 2. The van der Waals surface area contributed by atoms with E-state index in [9.17, 15) is 24.3 Å². The number of carboxylic acid groups (broad SMARTS) is 1. The molecule has 184 valence electrons. The van der Waals surface area contributed by atoms with Crippen molar-refractivity contribution in [2.45, 2.75) is 38.8 Å². The summed E-state index contributed by atoms with van der Waals surface area (Å²) in [5.74, 6) is -3.20. The summed E-state index contributed by atoms with van der Waals surface area (Å²) < 4.78 is 10.4. The molecule has 35 heavy (non-hydrogen) atoms. The normalized spacial score (nSPS) is 18.5. The van der Waals surface area contributed by atoms with Gasteiger partial charge < -0.3 is 19.5 Å². The molecule has 2 atom stereocenters. The molecule has 1 saturated heterocycles. The van der Waals surface area contributed by atoms with E-state index in [0.717, 1.165) is 27.2 Å². The number of aliphatic carboxylic acids is 1. The summed E-state index contributed by atoms with van der Waals surface area (Å²) >= 11 is 0. The quantitative estimate of drug-likeness (QED) is 0.462. The van der Waals surface area contributed by atoms with Gasteiger partial charge in [0.25, 0.3) is 5.91 Å². The van der Waals surface area contributed by atoms with Crippen LogP contribution in [0.1, 0.15) is 37.8 Å². The molecule has 0 saturated carbocycles. The van der Waals surface area contributed by atoms with Crippen molar-refractivity contribution >= 4 is 23.9 Å². The Kier molecular flexibility index (Phi) is 6.51. The van der Waals surface area contributed by atoms with Crippen LogP contribution in [0.5, 0.6) is 0 Å². The molecule has 9 nitrogen and oxygen atoms in total. The van der Waals surface area contributed by atoms with Gasteiger partial charge in [-0.1, -0.05) is 62.4 Å². The maximum Gasteiger partial charge on any atom is 0.408 e. The number of likely N-dealkylation sites (tertiary alicyclic amines) is 1. The Balaban J connectivity index is 1.47. The van der Waals surface area contributed by atoms with E-state index in [0.29, 0.717) is 0 Å².